The van der Waals surface area contributed by atoms with E-state index in [4.69, 9.17) is 9.94 Å². The Kier molecular flexibility index (Phi) is 7.17. The van der Waals surface area contributed by atoms with Crippen LogP contribution in [0.5, 0.6) is 11.5 Å². The molecule has 4 rings (SSSR count). The van der Waals surface area contributed by atoms with Crippen molar-refractivity contribution < 1.29 is 50.2 Å². The van der Waals surface area contributed by atoms with E-state index in [1.807, 2.05) is 0 Å². The first-order chi connectivity index (χ1) is 15.4. The van der Waals surface area contributed by atoms with Crippen molar-refractivity contribution in [1.29, 1.82) is 0 Å². The Bertz CT molecular complexity index is 1030. The van der Waals surface area contributed by atoms with Gasteiger partial charge >= 0.3 is 12.2 Å². The molecule has 3 aliphatic heterocycles. The summed E-state index contributed by atoms with van der Waals surface area (Å²) in [6, 6.07) is 3.55. The molecule has 2 fully saturated rings. The number of benzene rings is 1. The van der Waals surface area contributed by atoms with E-state index in [9.17, 15) is 30.8 Å². The fourth-order valence-electron chi connectivity index (χ4n) is 4.09. The molecule has 34 heavy (non-hydrogen) atoms. The minimum absolute atomic E-state index is 0. The third kappa shape index (κ3) is 4.23. The molecule has 3 heterocycles. The Hall–Kier alpha value is -2.07. The first-order valence-electron chi connectivity index (χ1n) is 9.98. The summed E-state index contributed by atoms with van der Waals surface area (Å²) in [6.07, 6.45) is -9.91. The lowest BCUT2D eigenvalue weighted by atomic mass is 9.98. The molecule has 0 aromatic heterocycles. The molecule has 1 amide bonds. The van der Waals surface area contributed by atoms with Crippen molar-refractivity contribution in [2.45, 2.75) is 29.8 Å². The predicted molar refractivity (Wildman–Crippen MR) is 110 cm³/mol. The van der Waals surface area contributed by atoms with Crippen molar-refractivity contribution in [3.63, 3.8) is 0 Å². The van der Waals surface area contributed by atoms with Gasteiger partial charge in [0.2, 0.25) is 10.0 Å². The van der Waals surface area contributed by atoms with Gasteiger partial charge in [0.15, 0.2) is 16.2 Å². The first kappa shape index (κ1) is 26.5. The highest BCUT2D eigenvalue weighted by Crippen LogP contribution is 2.48. The van der Waals surface area contributed by atoms with Crippen LogP contribution in [0.3, 0.4) is 0 Å². The summed E-state index contributed by atoms with van der Waals surface area (Å²) in [4.78, 5) is 14.0. The lowest BCUT2D eigenvalue weighted by molar-refractivity contribution is -0.391. The third-order valence-electron chi connectivity index (χ3n) is 6.00. The summed E-state index contributed by atoms with van der Waals surface area (Å²) in [7, 11) is -4.18. The van der Waals surface area contributed by atoms with Crippen LogP contribution in [-0.2, 0) is 19.6 Å². The summed E-state index contributed by atoms with van der Waals surface area (Å²) >= 11 is 0. The van der Waals surface area contributed by atoms with Crippen LogP contribution in [0.4, 0.5) is 23.2 Å². The quantitative estimate of drug-likeness (QED) is 0.339. The Morgan fingerprint density at radius 1 is 0.971 bits per heavy atom. The zero-order valence-electron chi connectivity index (χ0n) is 17.5. The lowest BCUT2D eigenvalue weighted by Crippen LogP contribution is -2.62. The van der Waals surface area contributed by atoms with Crippen molar-refractivity contribution in [2.24, 2.45) is 0 Å². The number of carbonyl (C=O) groups excluding carboxylic acids is 1. The normalized spacial score (nSPS) is 23.5. The van der Waals surface area contributed by atoms with Gasteiger partial charge in [-0.15, -0.1) is 12.4 Å². The number of fused-ring (bicyclic) bond motifs is 1. The van der Waals surface area contributed by atoms with Gasteiger partial charge < -0.3 is 19.1 Å². The maximum absolute atomic E-state index is 13.5. The molecule has 1 aromatic rings. The lowest BCUT2D eigenvalue weighted by Gasteiger charge is -2.42. The molecule has 10 nitrogen and oxygen atoms in total. The van der Waals surface area contributed by atoms with Crippen molar-refractivity contribution in [1.82, 2.24) is 9.79 Å². The first-order valence-corrected chi connectivity index (χ1v) is 11.4. The molecular weight excluding hydrogens is 514 g/mol. The number of hydroxylamine groups is 1. The number of sulfonamides is 1. The van der Waals surface area contributed by atoms with Crippen molar-refractivity contribution in [3.8, 4) is 11.5 Å². The van der Waals surface area contributed by atoms with Gasteiger partial charge in [-0.3, -0.25) is 10.0 Å². The number of alkyl halides is 4. The Labute approximate surface area is 198 Å². The number of ether oxygens (including phenoxy) is 3. The van der Waals surface area contributed by atoms with Crippen molar-refractivity contribution >= 4 is 34.0 Å². The van der Waals surface area contributed by atoms with Gasteiger partial charge in [-0.2, -0.15) is 21.9 Å². The highest BCUT2D eigenvalue weighted by atomic mass is 35.5. The van der Waals surface area contributed by atoms with Gasteiger partial charge in [0.25, 0.3) is 5.91 Å². The summed E-state index contributed by atoms with van der Waals surface area (Å²) in [6.45, 7) is 0.247. The molecular formula is C18H22ClF4N3O7S. The standard InChI is InChI=1S/C18H21F4N3O7S.ClH/c19-17(20)18(21,22)32-14-11-12(1-2-13(14)31-17)24-5-7-25(8-6-24)33(28,29)16(15(26)23-27)3-9-30-10-4-16;/h1-2,11,27H,3-10H2,(H,23,26);1H. The van der Waals surface area contributed by atoms with Gasteiger partial charge in [-0.05, 0) is 12.1 Å². The Morgan fingerprint density at radius 2 is 1.53 bits per heavy atom. The number of hydrogen-bond donors (Lipinski definition) is 2. The highest BCUT2D eigenvalue weighted by Gasteiger charge is 2.66. The highest BCUT2D eigenvalue weighted by molar-refractivity contribution is 7.91. The number of nitrogens with zero attached hydrogens (tertiary/aromatic N) is 2. The summed E-state index contributed by atoms with van der Waals surface area (Å²) in [5.74, 6) is -2.15. The minimum Gasteiger partial charge on any atom is -0.421 e. The van der Waals surface area contributed by atoms with Crippen LogP contribution in [0.15, 0.2) is 18.2 Å². The molecule has 0 radical (unpaired) electrons. The summed E-state index contributed by atoms with van der Waals surface area (Å²) in [5.41, 5.74) is 1.78. The van der Waals surface area contributed by atoms with Gasteiger partial charge in [0.1, 0.15) is 0 Å². The van der Waals surface area contributed by atoms with Gasteiger partial charge in [0.05, 0.1) is 0 Å². The maximum Gasteiger partial charge on any atom is 0.507 e. The number of amides is 1. The smallest absolute Gasteiger partial charge is 0.421 e. The largest absolute Gasteiger partial charge is 0.507 e. The molecule has 3 aliphatic rings. The number of carbonyl (C=O) groups is 1. The zero-order valence-corrected chi connectivity index (χ0v) is 19.1. The van der Waals surface area contributed by atoms with Crippen molar-refractivity contribution in [3.05, 3.63) is 18.2 Å². The zero-order chi connectivity index (χ0) is 24.1. The number of nitrogens with one attached hydrogen (secondary N) is 1. The predicted octanol–water partition coefficient (Wildman–Crippen LogP) is 1.57. The van der Waals surface area contributed by atoms with E-state index in [-0.39, 0.29) is 64.6 Å². The molecule has 0 bridgehead atoms. The van der Waals surface area contributed by atoms with Crippen LogP contribution in [0.1, 0.15) is 12.8 Å². The van der Waals surface area contributed by atoms with E-state index in [1.165, 1.54) is 11.5 Å². The molecule has 2 N–H and O–H groups in total. The molecule has 0 spiro atoms. The fraction of sp³-hybridized carbons (Fsp3) is 0.611. The average Bonchev–Trinajstić information content (AvgIpc) is 2.79. The molecule has 0 atom stereocenters. The molecule has 0 unspecified atom stereocenters. The van der Waals surface area contributed by atoms with E-state index in [0.29, 0.717) is 5.69 Å². The number of piperazine rings is 1. The maximum atomic E-state index is 13.5. The molecule has 16 heteroatoms. The van der Waals surface area contributed by atoms with Crippen LogP contribution in [0.2, 0.25) is 0 Å². The summed E-state index contributed by atoms with van der Waals surface area (Å²) < 4.78 is 92.9. The molecule has 0 saturated carbocycles. The number of halogens is 5. The van der Waals surface area contributed by atoms with Gasteiger partial charge in [-0.25, -0.2) is 13.9 Å². The second-order valence-corrected chi connectivity index (χ2v) is 10.1. The molecule has 1 aromatic carbocycles. The van der Waals surface area contributed by atoms with Crippen LogP contribution in [-0.4, -0.2) is 80.2 Å². The molecule has 0 aliphatic carbocycles. The van der Waals surface area contributed by atoms with Gasteiger partial charge in [-0.1, -0.05) is 0 Å². The van der Waals surface area contributed by atoms with E-state index >= 15 is 0 Å². The topological polar surface area (TPSA) is 118 Å². The molecule has 2 saturated heterocycles. The van der Waals surface area contributed by atoms with E-state index < -0.39 is 44.4 Å². The van der Waals surface area contributed by atoms with E-state index in [0.717, 1.165) is 16.4 Å². The van der Waals surface area contributed by atoms with Crippen molar-refractivity contribution in [2.75, 3.05) is 44.3 Å². The second-order valence-electron chi connectivity index (χ2n) is 7.81. The number of rotatable bonds is 4. The van der Waals surface area contributed by atoms with E-state index in [2.05, 4.69) is 9.47 Å². The Balaban J connectivity index is 0.00000324. The van der Waals surface area contributed by atoms with E-state index in [1.54, 1.807) is 4.90 Å². The monoisotopic (exact) mass is 535 g/mol. The SMILES string of the molecule is Cl.O=C(NO)C1(S(=O)(=O)N2CCN(c3ccc4c(c3)OC(F)(F)C(F)(F)O4)CC2)CCOCC1. The average molecular weight is 536 g/mol. The second kappa shape index (κ2) is 9.18. The van der Waals surface area contributed by atoms with Crippen LogP contribution in [0.25, 0.3) is 0 Å². The third-order valence-corrected chi connectivity index (χ3v) is 8.62. The Morgan fingerprint density at radius 3 is 2.09 bits per heavy atom. The fourth-order valence-corrected chi connectivity index (χ4v) is 6.19. The summed E-state index contributed by atoms with van der Waals surface area (Å²) in [5, 5.41) is 9.12. The number of hydrogen-bond acceptors (Lipinski definition) is 8. The minimum atomic E-state index is -4.85. The number of anilines is 1. The van der Waals surface area contributed by atoms with Crippen LogP contribution in [0, 0.1) is 0 Å². The van der Waals surface area contributed by atoms with Crippen LogP contribution < -0.4 is 19.9 Å². The molecule has 192 valence electrons. The van der Waals surface area contributed by atoms with Crippen LogP contribution >= 0.6 is 12.4 Å². The van der Waals surface area contributed by atoms with Gasteiger partial charge in [0, 0.05) is 64.0 Å².